The zero-order valence-electron chi connectivity index (χ0n) is 18.1. The van der Waals surface area contributed by atoms with Crippen LogP contribution in [0.2, 0.25) is 0 Å². The highest BCUT2D eigenvalue weighted by atomic mass is 16.1. The van der Waals surface area contributed by atoms with Gasteiger partial charge in [0.1, 0.15) is 0 Å². The Balaban J connectivity index is 1.47. The second kappa shape index (κ2) is 6.31. The van der Waals surface area contributed by atoms with E-state index < -0.39 is 0 Å². The van der Waals surface area contributed by atoms with Crippen LogP contribution in [0.4, 0.5) is 0 Å². The molecule has 0 bridgehead atoms. The zero-order valence-corrected chi connectivity index (χ0v) is 18.1. The summed E-state index contributed by atoms with van der Waals surface area (Å²) in [6.07, 6.45) is 14.0. The first kappa shape index (κ1) is 18.6. The summed E-state index contributed by atoms with van der Waals surface area (Å²) in [5, 5.41) is 4.47. The monoisotopic (exact) mass is 380 g/mol. The van der Waals surface area contributed by atoms with E-state index in [1.807, 2.05) is 18.7 Å². The van der Waals surface area contributed by atoms with Crippen LogP contribution >= 0.6 is 0 Å². The molecular formula is C25H36N2O. The van der Waals surface area contributed by atoms with E-state index in [0.29, 0.717) is 17.1 Å². The summed E-state index contributed by atoms with van der Waals surface area (Å²) >= 11 is 0. The second-order valence-corrected chi connectivity index (χ2v) is 10.9. The van der Waals surface area contributed by atoms with Crippen molar-refractivity contribution in [2.75, 3.05) is 0 Å². The third kappa shape index (κ3) is 2.53. The molecule has 0 N–H and O–H groups in total. The molecule has 6 unspecified atom stereocenters. The van der Waals surface area contributed by atoms with Crippen LogP contribution in [-0.2, 0) is 11.8 Å². The molecule has 1 heterocycles. The Morgan fingerprint density at radius 1 is 1.11 bits per heavy atom. The van der Waals surface area contributed by atoms with Gasteiger partial charge in [0, 0.05) is 12.5 Å². The zero-order chi connectivity index (χ0) is 19.7. The van der Waals surface area contributed by atoms with E-state index in [4.69, 9.17) is 0 Å². The molecule has 0 radical (unpaired) electrons. The van der Waals surface area contributed by atoms with E-state index >= 15 is 0 Å². The Hall–Kier alpha value is -1.38. The number of nitrogens with zero attached hydrogens (tertiary/aromatic N) is 2. The maximum absolute atomic E-state index is 13.5. The van der Waals surface area contributed by atoms with E-state index in [0.717, 1.165) is 47.6 Å². The maximum atomic E-state index is 13.5. The van der Waals surface area contributed by atoms with Crippen LogP contribution in [0, 0.1) is 41.4 Å². The number of Topliss-reactive ketones (excluding diaryl/α,β-unsaturated/α-hetero) is 1. The van der Waals surface area contributed by atoms with Crippen molar-refractivity contribution < 1.29 is 4.79 Å². The highest BCUT2D eigenvalue weighted by Crippen LogP contribution is 2.66. The topological polar surface area (TPSA) is 34.9 Å². The highest BCUT2D eigenvalue weighted by Gasteiger charge is 2.60. The lowest BCUT2D eigenvalue weighted by Gasteiger charge is -2.59. The normalized spacial score (nSPS) is 44.3. The molecular weight excluding hydrogens is 344 g/mol. The van der Waals surface area contributed by atoms with Crippen molar-refractivity contribution in [3.63, 3.8) is 0 Å². The van der Waals surface area contributed by atoms with Crippen LogP contribution in [-0.4, -0.2) is 15.6 Å². The van der Waals surface area contributed by atoms with E-state index in [1.54, 1.807) is 0 Å². The molecule has 3 heteroatoms. The Labute approximate surface area is 170 Å². The number of carbonyl (C=O) groups is 1. The fourth-order valence-electron chi connectivity index (χ4n) is 8.04. The molecule has 1 aromatic rings. The van der Waals surface area contributed by atoms with Crippen LogP contribution in [0.3, 0.4) is 0 Å². The number of hydrogen-bond donors (Lipinski definition) is 0. The molecule has 3 nitrogen and oxygen atoms in total. The van der Waals surface area contributed by atoms with Crippen LogP contribution in [0.25, 0.3) is 6.08 Å². The molecule has 28 heavy (non-hydrogen) atoms. The molecule has 4 fully saturated rings. The molecule has 4 aliphatic carbocycles. The molecule has 0 amide bonds. The summed E-state index contributed by atoms with van der Waals surface area (Å²) in [7, 11) is 1.98. The molecule has 6 atom stereocenters. The number of hydrogen-bond acceptors (Lipinski definition) is 2. The van der Waals surface area contributed by atoms with Gasteiger partial charge >= 0.3 is 0 Å². The van der Waals surface area contributed by atoms with Crippen LogP contribution < -0.4 is 0 Å². The minimum absolute atomic E-state index is 0.126. The average Bonchev–Trinajstić information content (AvgIpc) is 3.11. The van der Waals surface area contributed by atoms with Crippen molar-refractivity contribution in [3.8, 4) is 0 Å². The second-order valence-electron chi connectivity index (χ2n) is 10.9. The fraction of sp³-hybridized carbons (Fsp3) is 0.760. The largest absolute Gasteiger partial charge is 0.294 e. The number of fused-ring (bicyclic) bond motifs is 5. The summed E-state index contributed by atoms with van der Waals surface area (Å²) in [5.74, 6) is 3.53. The first-order valence-electron chi connectivity index (χ1n) is 11.6. The van der Waals surface area contributed by atoms with Gasteiger partial charge in [-0.15, -0.1) is 0 Å². The molecule has 1 aromatic heterocycles. The Kier molecular flexibility index (Phi) is 4.20. The molecule has 152 valence electrons. The van der Waals surface area contributed by atoms with Gasteiger partial charge in [0.15, 0.2) is 5.78 Å². The molecule has 0 aromatic carbocycles. The van der Waals surface area contributed by atoms with Crippen molar-refractivity contribution >= 4 is 11.9 Å². The lowest BCUT2D eigenvalue weighted by molar-refractivity contribution is -0.137. The van der Waals surface area contributed by atoms with Gasteiger partial charge in [-0.05, 0) is 98.7 Å². The van der Waals surface area contributed by atoms with Crippen molar-refractivity contribution in [1.29, 1.82) is 0 Å². The number of aromatic nitrogens is 2. The molecule has 5 rings (SSSR count). The van der Waals surface area contributed by atoms with Gasteiger partial charge in [-0.2, -0.15) is 5.10 Å². The SMILES string of the molecule is Cc1cc(C=C2CC3C4CCC5CCCCC5(C)C4CCC3(C)C2=O)n(C)n1. The predicted octanol–water partition coefficient (Wildman–Crippen LogP) is 5.72. The summed E-state index contributed by atoms with van der Waals surface area (Å²) in [4.78, 5) is 13.5. The molecule has 4 aliphatic rings. The number of aryl methyl sites for hydroxylation is 2. The number of ketones is 1. The standard InChI is InChI=1S/C25H36N2O/c1-16-13-19(27(4)26-16)14-17-15-22-20-9-8-18-7-5-6-11-24(18,2)21(20)10-12-25(22,3)23(17)28/h13-14,18,20-22H,5-12,15H2,1-4H3. The fourth-order valence-corrected chi connectivity index (χ4v) is 8.04. The summed E-state index contributed by atoms with van der Waals surface area (Å²) < 4.78 is 1.91. The van der Waals surface area contributed by atoms with Crippen LogP contribution in [0.15, 0.2) is 11.6 Å². The third-order valence-electron chi connectivity index (χ3n) is 9.58. The lowest BCUT2D eigenvalue weighted by atomic mass is 9.45. The first-order valence-corrected chi connectivity index (χ1v) is 11.6. The highest BCUT2D eigenvalue weighted by molar-refractivity contribution is 6.05. The third-order valence-corrected chi connectivity index (χ3v) is 9.58. The van der Waals surface area contributed by atoms with Gasteiger partial charge in [0.05, 0.1) is 11.4 Å². The lowest BCUT2D eigenvalue weighted by Crippen LogP contribution is -2.52. The van der Waals surface area contributed by atoms with E-state index in [-0.39, 0.29) is 5.41 Å². The number of allylic oxidation sites excluding steroid dienone is 1. The van der Waals surface area contributed by atoms with Crippen molar-refractivity contribution in [2.24, 2.45) is 41.5 Å². The summed E-state index contributed by atoms with van der Waals surface area (Å²) in [6, 6.07) is 2.10. The number of rotatable bonds is 1. The Morgan fingerprint density at radius 2 is 1.93 bits per heavy atom. The van der Waals surface area contributed by atoms with Gasteiger partial charge in [-0.25, -0.2) is 0 Å². The quantitative estimate of drug-likeness (QED) is 0.584. The summed E-state index contributed by atoms with van der Waals surface area (Å²) in [5.41, 5.74) is 3.57. The smallest absolute Gasteiger partial charge is 0.165 e. The molecule has 4 saturated carbocycles. The Morgan fingerprint density at radius 3 is 2.68 bits per heavy atom. The van der Waals surface area contributed by atoms with Gasteiger partial charge in [-0.1, -0.05) is 26.7 Å². The van der Waals surface area contributed by atoms with Crippen LogP contribution in [0.1, 0.15) is 83.0 Å². The minimum atomic E-state index is -0.126. The first-order chi connectivity index (χ1) is 13.3. The average molecular weight is 381 g/mol. The van der Waals surface area contributed by atoms with Gasteiger partial charge in [-0.3, -0.25) is 9.48 Å². The van der Waals surface area contributed by atoms with Crippen molar-refractivity contribution in [1.82, 2.24) is 9.78 Å². The van der Waals surface area contributed by atoms with E-state index in [2.05, 4.69) is 31.1 Å². The molecule has 0 spiro atoms. The van der Waals surface area contributed by atoms with Crippen molar-refractivity contribution in [2.45, 2.75) is 78.6 Å². The minimum Gasteiger partial charge on any atom is -0.294 e. The Bertz CT molecular complexity index is 836. The number of carbonyl (C=O) groups excluding carboxylic acids is 1. The van der Waals surface area contributed by atoms with E-state index in [1.165, 1.54) is 44.9 Å². The van der Waals surface area contributed by atoms with Crippen molar-refractivity contribution in [3.05, 3.63) is 23.0 Å². The van der Waals surface area contributed by atoms with E-state index in [9.17, 15) is 4.79 Å². The van der Waals surface area contributed by atoms with Gasteiger partial charge in [0.2, 0.25) is 0 Å². The maximum Gasteiger partial charge on any atom is 0.165 e. The summed E-state index contributed by atoms with van der Waals surface area (Å²) in [6.45, 7) is 6.93. The predicted molar refractivity (Wildman–Crippen MR) is 113 cm³/mol. The van der Waals surface area contributed by atoms with Crippen LogP contribution in [0.5, 0.6) is 0 Å². The van der Waals surface area contributed by atoms with Gasteiger partial charge < -0.3 is 0 Å². The molecule has 0 aliphatic heterocycles. The van der Waals surface area contributed by atoms with Gasteiger partial charge in [0.25, 0.3) is 0 Å². The molecule has 0 saturated heterocycles.